The number of aliphatic hydroxyl groups is 2. The van der Waals surface area contributed by atoms with Crippen molar-refractivity contribution in [3.05, 3.63) is 0 Å². The van der Waals surface area contributed by atoms with Crippen LogP contribution in [0.15, 0.2) is 0 Å². The fourth-order valence-electron chi connectivity index (χ4n) is 1.06. The minimum Gasteiger partial charge on any atom is -0.463 e. The Balaban J connectivity index is 0. The van der Waals surface area contributed by atoms with E-state index in [0.717, 1.165) is 19.3 Å². The highest BCUT2D eigenvalue weighted by Crippen LogP contribution is 2.03. The van der Waals surface area contributed by atoms with E-state index in [2.05, 4.69) is 11.7 Å². The van der Waals surface area contributed by atoms with Gasteiger partial charge in [0.25, 0.3) is 0 Å². The lowest BCUT2D eigenvalue weighted by molar-refractivity contribution is -0.145. The topological polar surface area (TPSA) is 76.0 Å². The molecule has 0 aromatic heterocycles. The van der Waals surface area contributed by atoms with Crippen molar-refractivity contribution in [1.82, 2.24) is 0 Å². The van der Waals surface area contributed by atoms with Gasteiger partial charge in [-0.2, -0.15) is 0 Å². The fourth-order valence-corrected chi connectivity index (χ4v) is 1.06. The van der Waals surface area contributed by atoms with Crippen molar-refractivity contribution in [3.63, 3.8) is 0 Å². The summed E-state index contributed by atoms with van der Waals surface area (Å²) >= 11 is 0. The van der Waals surface area contributed by atoms with E-state index in [4.69, 9.17) is 14.9 Å². The van der Waals surface area contributed by atoms with E-state index >= 15 is 0 Å². The molecule has 0 aliphatic rings. The Hall–Kier alpha value is -0.650. The molecule has 0 radical (unpaired) electrons. The minimum absolute atomic E-state index is 0.0278. The quantitative estimate of drug-likeness (QED) is 0.498. The Labute approximate surface area is 104 Å². The number of hydrogen-bond donors (Lipinski definition) is 2. The first-order chi connectivity index (χ1) is 8.08. The number of ether oxygens (including phenoxy) is 2. The fraction of sp³-hybridized carbons (Fsp3) is 0.917. The van der Waals surface area contributed by atoms with Crippen molar-refractivity contribution in [1.29, 1.82) is 0 Å². The van der Waals surface area contributed by atoms with Crippen LogP contribution >= 0.6 is 0 Å². The lowest BCUT2D eigenvalue weighted by Gasteiger charge is -2.09. The Bertz CT molecular complexity index is 157. The Kier molecular flexibility index (Phi) is 16.9. The summed E-state index contributed by atoms with van der Waals surface area (Å²) in [4.78, 5) is 10.4. The normalized spacial score (nSPS) is 11.4. The van der Waals surface area contributed by atoms with E-state index < -0.39 is 0 Å². The van der Waals surface area contributed by atoms with Gasteiger partial charge in [0.05, 0.1) is 32.5 Å². The monoisotopic (exact) mass is 250 g/mol. The van der Waals surface area contributed by atoms with E-state index in [1.54, 1.807) is 0 Å². The molecule has 17 heavy (non-hydrogen) atoms. The average Bonchev–Trinajstić information content (AvgIpc) is 2.27. The van der Waals surface area contributed by atoms with Crippen molar-refractivity contribution in [2.45, 2.75) is 46.1 Å². The summed E-state index contributed by atoms with van der Waals surface area (Å²) in [6.07, 6.45) is 3.37. The van der Waals surface area contributed by atoms with Crippen LogP contribution in [0.3, 0.4) is 0 Å². The maximum atomic E-state index is 10.4. The van der Waals surface area contributed by atoms with Gasteiger partial charge in [0, 0.05) is 6.92 Å². The molecule has 0 saturated carbocycles. The summed E-state index contributed by atoms with van der Waals surface area (Å²) < 4.78 is 9.55. The van der Waals surface area contributed by atoms with Crippen LogP contribution in [0.2, 0.25) is 0 Å². The zero-order valence-corrected chi connectivity index (χ0v) is 11.1. The van der Waals surface area contributed by atoms with Gasteiger partial charge in [0.2, 0.25) is 0 Å². The maximum Gasteiger partial charge on any atom is 0.302 e. The molecule has 0 aromatic carbocycles. The molecular formula is C12H26O5. The number of aliphatic hydroxyl groups excluding tert-OH is 2. The zero-order chi connectivity index (χ0) is 13.5. The van der Waals surface area contributed by atoms with Crippen LogP contribution in [0.5, 0.6) is 0 Å². The molecule has 0 rings (SSSR count). The van der Waals surface area contributed by atoms with Crippen molar-refractivity contribution >= 4 is 5.97 Å². The summed E-state index contributed by atoms with van der Waals surface area (Å²) in [5, 5.41) is 16.2. The molecule has 1 atom stereocenters. The molecule has 5 heteroatoms. The van der Waals surface area contributed by atoms with Gasteiger partial charge in [-0.05, 0) is 13.3 Å². The number of carbonyl (C=O) groups excluding carboxylic acids is 1. The third kappa shape index (κ3) is 21.2. The van der Waals surface area contributed by atoms with Gasteiger partial charge >= 0.3 is 5.97 Å². The molecule has 2 N–H and O–H groups in total. The highest BCUT2D eigenvalue weighted by molar-refractivity contribution is 5.66. The predicted molar refractivity (Wildman–Crippen MR) is 65.7 cm³/mol. The van der Waals surface area contributed by atoms with E-state index in [-0.39, 0.29) is 25.3 Å². The molecule has 0 bridgehead atoms. The molecule has 0 fully saturated rings. The summed E-state index contributed by atoms with van der Waals surface area (Å²) in [5.74, 6) is -0.177. The first kappa shape index (κ1) is 18.7. The van der Waals surface area contributed by atoms with Gasteiger partial charge in [-0.1, -0.05) is 19.8 Å². The first-order valence-electron chi connectivity index (χ1n) is 6.05. The number of hydrogen-bond acceptors (Lipinski definition) is 5. The van der Waals surface area contributed by atoms with E-state index in [1.807, 2.05) is 6.92 Å². The second kappa shape index (κ2) is 15.4. The molecule has 104 valence electrons. The van der Waals surface area contributed by atoms with Crippen LogP contribution in [0.1, 0.15) is 40.0 Å². The second-order valence-corrected chi connectivity index (χ2v) is 3.62. The SMILES string of the molecule is CCCCC(C)OC(C)=O.OCCOCCO. The van der Waals surface area contributed by atoms with Crippen molar-refractivity contribution in [3.8, 4) is 0 Å². The lowest BCUT2D eigenvalue weighted by Crippen LogP contribution is -2.11. The molecule has 5 nitrogen and oxygen atoms in total. The number of unbranched alkanes of at least 4 members (excludes halogenated alkanes) is 1. The Morgan fingerprint density at radius 1 is 1.24 bits per heavy atom. The van der Waals surface area contributed by atoms with Crippen LogP contribution < -0.4 is 0 Å². The molecule has 0 heterocycles. The average molecular weight is 250 g/mol. The number of carbonyl (C=O) groups is 1. The predicted octanol–water partition coefficient (Wildman–Crippen LogP) is 1.12. The van der Waals surface area contributed by atoms with Crippen LogP contribution in [0.4, 0.5) is 0 Å². The zero-order valence-electron chi connectivity index (χ0n) is 11.1. The standard InChI is InChI=1S/C8H16O2.C4H10O3/c1-4-5-6-7(2)10-8(3)9;5-1-3-7-4-2-6/h7H,4-6H2,1-3H3;5-6H,1-4H2. The van der Waals surface area contributed by atoms with Crippen molar-refractivity contribution in [2.24, 2.45) is 0 Å². The molecular weight excluding hydrogens is 224 g/mol. The van der Waals surface area contributed by atoms with Gasteiger partial charge < -0.3 is 19.7 Å². The molecule has 1 unspecified atom stereocenters. The minimum atomic E-state index is -0.177. The summed E-state index contributed by atoms with van der Waals surface area (Å²) in [6, 6.07) is 0. The lowest BCUT2D eigenvalue weighted by atomic mass is 10.2. The summed E-state index contributed by atoms with van der Waals surface area (Å²) in [6.45, 7) is 6.20. The van der Waals surface area contributed by atoms with Crippen LogP contribution in [0, 0.1) is 0 Å². The largest absolute Gasteiger partial charge is 0.463 e. The maximum absolute atomic E-state index is 10.4. The van der Waals surface area contributed by atoms with E-state index in [9.17, 15) is 4.79 Å². The summed E-state index contributed by atoms with van der Waals surface area (Å²) in [7, 11) is 0. The molecule has 0 spiro atoms. The number of rotatable bonds is 8. The Morgan fingerprint density at radius 3 is 2.12 bits per heavy atom. The van der Waals surface area contributed by atoms with E-state index in [0.29, 0.717) is 13.2 Å². The third-order valence-corrected chi connectivity index (χ3v) is 1.80. The highest BCUT2D eigenvalue weighted by Gasteiger charge is 2.02. The van der Waals surface area contributed by atoms with Crippen LogP contribution in [0.25, 0.3) is 0 Å². The van der Waals surface area contributed by atoms with Gasteiger partial charge in [-0.15, -0.1) is 0 Å². The van der Waals surface area contributed by atoms with Gasteiger partial charge in [-0.25, -0.2) is 0 Å². The molecule has 0 saturated heterocycles. The van der Waals surface area contributed by atoms with E-state index in [1.165, 1.54) is 6.92 Å². The van der Waals surface area contributed by atoms with Crippen molar-refractivity contribution in [2.75, 3.05) is 26.4 Å². The van der Waals surface area contributed by atoms with Crippen LogP contribution in [-0.2, 0) is 14.3 Å². The molecule has 0 aliphatic carbocycles. The Morgan fingerprint density at radius 2 is 1.76 bits per heavy atom. The first-order valence-corrected chi connectivity index (χ1v) is 6.05. The van der Waals surface area contributed by atoms with Gasteiger partial charge in [0.15, 0.2) is 0 Å². The highest BCUT2D eigenvalue weighted by atomic mass is 16.5. The molecule has 0 amide bonds. The van der Waals surface area contributed by atoms with Crippen LogP contribution in [-0.4, -0.2) is 48.7 Å². The molecule has 0 aliphatic heterocycles. The number of esters is 1. The van der Waals surface area contributed by atoms with Crippen molar-refractivity contribution < 1.29 is 24.5 Å². The molecule has 0 aromatic rings. The van der Waals surface area contributed by atoms with Gasteiger partial charge in [0.1, 0.15) is 0 Å². The smallest absolute Gasteiger partial charge is 0.302 e. The van der Waals surface area contributed by atoms with Gasteiger partial charge in [-0.3, -0.25) is 4.79 Å². The summed E-state index contributed by atoms with van der Waals surface area (Å²) in [5.41, 5.74) is 0. The second-order valence-electron chi connectivity index (χ2n) is 3.62. The third-order valence-electron chi connectivity index (χ3n) is 1.80.